The van der Waals surface area contributed by atoms with Gasteiger partial charge in [-0.25, -0.2) is 13.9 Å². The number of phenols is 1. The van der Waals surface area contributed by atoms with Crippen LogP contribution in [0.5, 0.6) is 5.75 Å². The van der Waals surface area contributed by atoms with Gasteiger partial charge in [-0.3, -0.25) is 4.90 Å². The number of ether oxygens (including phenoxy) is 2. The molecule has 0 bridgehead atoms. The highest BCUT2D eigenvalue weighted by Crippen LogP contribution is 2.39. The lowest BCUT2D eigenvalue weighted by molar-refractivity contribution is 0.117. The number of rotatable bonds is 6. The number of benzene rings is 2. The second-order valence-electron chi connectivity index (χ2n) is 8.14. The number of methoxy groups -OCH3 is 1. The second-order valence-corrected chi connectivity index (χ2v) is 8.14. The van der Waals surface area contributed by atoms with Crippen molar-refractivity contribution in [3.05, 3.63) is 89.7 Å². The molecule has 1 N–H and O–H groups in total. The van der Waals surface area contributed by atoms with Gasteiger partial charge in [0.15, 0.2) is 0 Å². The first kappa shape index (κ1) is 21.7. The average Bonchev–Trinajstić information content (AvgIpc) is 3.44. The van der Waals surface area contributed by atoms with E-state index in [9.17, 15) is 14.3 Å². The molecule has 1 aliphatic carbocycles. The Bertz CT molecular complexity index is 1250. The molecule has 174 valence electrons. The molecule has 5 rings (SSSR count). The molecule has 1 aromatic heterocycles. The highest BCUT2D eigenvalue weighted by molar-refractivity contribution is 5.91. The molecule has 1 fully saturated rings. The van der Waals surface area contributed by atoms with E-state index in [1.807, 2.05) is 12.2 Å². The van der Waals surface area contributed by atoms with Gasteiger partial charge in [-0.1, -0.05) is 23.4 Å². The van der Waals surface area contributed by atoms with Crippen LogP contribution in [0.15, 0.2) is 72.6 Å². The Kier molecular flexibility index (Phi) is 5.75. The van der Waals surface area contributed by atoms with Gasteiger partial charge in [-0.2, -0.15) is 0 Å². The topological polar surface area (TPSA) is 89.7 Å². The molecule has 0 spiro atoms. The maximum atomic E-state index is 13.5. The van der Waals surface area contributed by atoms with Crippen molar-refractivity contribution < 1.29 is 23.8 Å². The van der Waals surface area contributed by atoms with Crippen LogP contribution < -0.4 is 4.90 Å². The van der Waals surface area contributed by atoms with Crippen molar-refractivity contribution >= 4 is 17.4 Å². The normalized spacial score (nSPS) is 20.1. The van der Waals surface area contributed by atoms with E-state index in [2.05, 4.69) is 10.3 Å². The van der Waals surface area contributed by atoms with E-state index in [1.54, 1.807) is 54.4 Å². The predicted octanol–water partition coefficient (Wildman–Crippen LogP) is 4.60. The zero-order chi connectivity index (χ0) is 23.7. The zero-order valence-corrected chi connectivity index (χ0v) is 18.5. The van der Waals surface area contributed by atoms with Crippen molar-refractivity contribution in [1.82, 2.24) is 15.0 Å². The summed E-state index contributed by atoms with van der Waals surface area (Å²) in [6, 6.07) is 11.8. The highest BCUT2D eigenvalue weighted by atomic mass is 19.1. The lowest BCUT2D eigenvalue weighted by Crippen LogP contribution is -2.31. The van der Waals surface area contributed by atoms with Crippen LogP contribution in [0.3, 0.4) is 0 Å². The summed E-state index contributed by atoms with van der Waals surface area (Å²) in [6.07, 6.45) is 6.03. The third-order valence-corrected chi connectivity index (χ3v) is 6.09. The summed E-state index contributed by atoms with van der Waals surface area (Å²) >= 11 is 0. The number of nitrogens with zero attached hydrogens (tertiary/aromatic N) is 4. The van der Waals surface area contributed by atoms with Gasteiger partial charge in [0.05, 0.1) is 31.3 Å². The van der Waals surface area contributed by atoms with E-state index in [4.69, 9.17) is 9.47 Å². The van der Waals surface area contributed by atoms with Crippen LogP contribution in [0.1, 0.15) is 30.1 Å². The number of hydrogen-bond donors (Lipinski definition) is 1. The minimum atomic E-state index is -0.600. The van der Waals surface area contributed by atoms with E-state index in [0.29, 0.717) is 5.69 Å². The third-order valence-electron chi connectivity index (χ3n) is 6.09. The van der Waals surface area contributed by atoms with Crippen molar-refractivity contribution in [2.45, 2.75) is 31.5 Å². The van der Waals surface area contributed by atoms with E-state index in [-0.39, 0.29) is 12.3 Å². The minimum Gasteiger partial charge on any atom is -0.508 e. The number of phenolic OH excluding ortho intramolecular Hbond substituents is 1. The standard InChI is InChI=1S/C25H23FN4O4/c1-33-21-12-4-16(5-13-21)22-14-27-28-29(22)15-23-24(17-2-10-20(31)11-3-17)30(25(32)34-23)19-8-6-18(26)7-9-19/h2-4,6-12,14,23-24,31H,5,13,15H2,1H3/t23-,24?/m1/s1. The molecule has 9 heteroatoms. The van der Waals surface area contributed by atoms with Gasteiger partial charge in [-0.15, -0.1) is 5.10 Å². The monoisotopic (exact) mass is 462 g/mol. The molecule has 2 aliphatic rings. The van der Waals surface area contributed by atoms with Crippen LogP contribution in [0, 0.1) is 5.82 Å². The largest absolute Gasteiger partial charge is 0.508 e. The number of allylic oxidation sites excluding steroid dienone is 4. The lowest BCUT2D eigenvalue weighted by Gasteiger charge is -2.25. The van der Waals surface area contributed by atoms with Gasteiger partial charge >= 0.3 is 6.09 Å². The fraction of sp³-hybridized carbons (Fsp3) is 0.240. The number of anilines is 1. The van der Waals surface area contributed by atoms with Crippen molar-refractivity contribution in [1.29, 1.82) is 0 Å². The first-order chi connectivity index (χ1) is 16.5. The summed E-state index contributed by atoms with van der Waals surface area (Å²) < 4.78 is 26.4. The number of aromatic hydroxyl groups is 1. The molecule has 2 aromatic carbocycles. The number of aromatic nitrogens is 3. The Morgan fingerprint density at radius 2 is 1.88 bits per heavy atom. The van der Waals surface area contributed by atoms with E-state index in [0.717, 1.165) is 35.4 Å². The molecule has 0 radical (unpaired) electrons. The van der Waals surface area contributed by atoms with Crippen LogP contribution in [-0.4, -0.2) is 39.4 Å². The van der Waals surface area contributed by atoms with E-state index >= 15 is 0 Å². The maximum Gasteiger partial charge on any atom is 0.415 e. The molecule has 1 saturated heterocycles. The molecular formula is C25H23FN4O4. The Labute approximate surface area is 195 Å². The zero-order valence-electron chi connectivity index (χ0n) is 18.5. The van der Waals surface area contributed by atoms with Gasteiger partial charge in [-0.05, 0) is 60.0 Å². The van der Waals surface area contributed by atoms with E-state index in [1.165, 1.54) is 17.0 Å². The molecule has 3 aromatic rings. The molecule has 1 aliphatic heterocycles. The number of carbonyl (C=O) groups excluding carboxylic acids is 1. The van der Waals surface area contributed by atoms with Crippen LogP contribution in [0.4, 0.5) is 14.9 Å². The summed E-state index contributed by atoms with van der Waals surface area (Å²) in [5.41, 5.74) is 3.18. The van der Waals surface area contributed by atoms with Gasteiger partial charge < -0.3 is 14.6 Å². The Morgan fingerprint density at radius 3 is 2.56 bits per heavy atom. The van der Waals surface area contributed by atoms with Gasteiger partial charge in [0, 0.05) is 12.1 Å². The number of hydrogen-bond acceptors (Lipinski definition) is 6. The van der Waals surface area contributed by atoms with Crippen LogP contribution in [0.2, 0.25) is 0 Å². The van der Waals surface area contributed by atoms with Crippen molar-refractivity contribution in [3.8, 4) is 5.75 Å². The second kappa shape index (κ2) is 9.01. The molecule has 2 atom stereocenters. The van der Waals surface area contributed by atoms with Crippen LogP contribution in [-0.2, 0) is 16.0 Å². The SMILES string of the molecule is COC1=CC=C(c2cnnn2C[C@H]2OC(=O)N(c3ccc(F)cc3)C2c2ccc(O)cc2)CC1. The number of halogens is 1. The molecule has 34 heavy (non-hydrogen) atoms. The van der Waals surface area contributed by atoms with Crippen LogP contribution >= 0.6 is 0 Å². The predicted molar refractivity (Wildman–Crippen MR) is 122 cm³/mol. The Balaban J connectivity index is 1.49. The number of amides is 1. The average molecular weight is 462 g/mol. The maximum absolute atomic E-state index is 13.5. The first-order valence-corrected chi connectivity index (χ1v) is 10.9. The summed E-state index contributed by atoms with van der Waals surface area (Å²) in [4.78, 5) is 14.5. The fourth-order valence-electron chi connectivity index (χ4n) is 4.38. The number of cyclic esters (lactones) is 1. The molecular weight excluding hydrogens is 439 g/mol. The molecule has 1 unspecified atom stereocenters. The Morgan fingerprint density at radius 1 is 1.12 bits per heavy atom. The molecule has 2 heterocycles. The summed E-state index contributed by atoms with van der Waals surface area (Å²) in [5.74, 6) is 0.632. The number of carbonyl (C=O) groups is 1. The van der Waals surface area contributed by atoms with Gasteiger partial charge in [0.2, 0.25) is 0 Å². The Hall–Kier alpha value is -4.14. The van der Waals surface area contributed by atoms with Crippen molar-refractivity contribution in [3.63, 3.8) is 0 Å². The molecule has 1 amide bonds. The summed E-state index contributed by atoms with van der Waals surface area (Å²) in [5, 5.41) is 18.1. The fourth-order valence-corrected chi connectivity index (χ4v) is 4.38. The summed E-state index contributed by atoms with van der Waals surface area (Å²) in [6.45, 7) is 0.266. The lowest BCUT2D eigenvalue weighted by atomic mass is 9.99. The van der Waals surface area contributed by atoms with Gasteiger partial charge in [0.1, 0.15) is 23.7 Å². The quantitative estimate of drug-likeness (QED) is 0.576. The third kappa shape index (κ3) is 4.12. The summed E-state index contributed by atoms with van der Waals surface area (Å²) in [7, 11) is 1.65. The smallest absolute Gasteiger partial charge is 0.415 e. The minimum absolute atomic E-state index is 0.116. The van der Waals surface area contributed by atoms with E-state index < -0.39 is 24.1 Å². The van der Waals surface area contributed by atoms with Gasteiger partial charge in [0.25, 0.3) is 0 Å². The van der Waals surface area contributed by atoms with Crippen LogP contribution in [0.25, 0.3) is 5.57 Å². The first-order valence-electron chi connectivity index (χ1n) is 10.9. The van der Waals surface area contributed by atoms with Crippen molar-refractivity contribution in [2.24, 2.45) is 0 Å². The van der Waals surface area contributed by atoms with Crippen molar-refractivity contribution in [2.75, 3.05) is 12.0 Å². The molecule has 8 nitrogen and oxygen atoms in total. The molecule has 0 saturated carbocycles. The highest BCUT2D eigenvalue weighted by Gasteiger charge is 2.44.